The van der Waals surface area contributed by atoms with E-state index in [1.165, 1.54) is 23.5 Å². The number of fused-ring (bicyclic) bond motifs is 1. The number of nitrogens with one attached hydrogen (secondary N) is 1. The fourth-order valence-corrected chi connectivity index (χ4v) is 4.52. The Morgan fingerprint density at radius 2 is 1.81 bits per heavy atom. The minimum atomic E-state index is -0.309. The SMILES string of the molecule is O=C(Cc1csc(-c2cccc(F)c2)n1)Nc1nc2ccccc2nc1N1CCCC1. The lowest BCUT2D eigenvalue weighted by Gasteiger charge is -2.20. The van der Waals surface area contributed by atoms with Crippen molar-refractivity contribution >= 4 is 39.9 Å². The number of para-hydroxylation sites is 2. The molecule has 8 heteroatoms. The summed E-state index contributed by atoms with van der Waals surface area (Å²) in [7, 11) is 0. The molecular formula is C23H20FN5OS. The third-order valence-corrected chi connectivity index (χ3v) is 6.12. The first-order valence-corrected chi connectivity index (χ1v) is 11.1. The molecule has 2 aromatic carbocycles. The van der Waals surface area contributed by atoms with Gasteiger partial charge in [-0.2, -0.15) is 0 Å². The molecule has 3 heterocycles. The maximum absolute atomic E-state index is 13.5. The zero-order valence-electron chi connectivity index (χ0n) is 16.7. The van der Waals surface area contributed by atoms with E-state index in [9.17, 15) is 9.18 Å². The second-order valence-corrected chi connectivity index (χ2v) is 8.32. The van der Waals surface area contributed by atoms with Crippen LogP contribution in [-0.2, 0) is 11.2 Å². The van der Waals surface area contributed by atoms with Crippen LogP contribution in [0.3, 0.4) is 0 Å². The van der Waals surface area contributed by atoms with Gasteiger partial charge in [-0.3, -0.25) is 4.79 Å². The van der Waals surface area contributed by atoms with E-state index < -0.39 is 0 Å². The molecule has 2 aromatic heterocycles. The first-order chi connectivity index (χ1) is 15.2. The predicted octanol–water partition coefficient (Wildman–Crippen LogP) is 4.67. The van der Waals surface area contributed by atoms with E-state index in [1.54, 1.807) is 12.1 Å². The summed E-state index contributed by atoms with van der Waals surface area (Å²) in [5.41, 5.74) is 2.89. The van der Waals surface area contributed by atoms with Gasteiger partial charge in [0.25, 0.3) is 0 Å². The van der Waals surface area contributed by atoms with Crippen LogP contribution in [0.15, 0.2) is 53.9 Å². The monoisotopic (exact) mass is 433 g/mol. The quantitative estimate of drug-likeness (QED) is 0.495. The molecule has 1 aliphatic rings. The average molecular weight is 434 g/mol. The van der Waals surface area contributed by atoms with E-state index in [-0.39, 0.29) is 18.1 Å². The van der Waals surface area contributed by atoms with Crippen molar-refractivity contribution in [2.45, 2.75) is 19.3 Å². The van der Waals surface area contributed by atoms with E-state index in [0.717, 1.165) is 37.0 Å². The average Bonchev–Trinajstić information content (AvgIpc) is 3.46. The zero-order valence-corrected chi connectivity index (χ0v) is 17.5. The van der Waals surface area contributed by atoms with E-state index in [4.69, 9.17) is 4.98 Å². The molecule has 156 valence electrons. The van der Waals surface area contributed by atoms with Crippen molar-refractivity contribution in [2.24, 2.45) is 0 Å². The van der Waals surface area contributed by atoms with Gasteiger partial charge >= 0.3 is 0 Å². The Kier molecular flexibility index (Phi) is 5.30. The van der Waals surface area contributed by atoms with Gasteiger partial charge < -0.3 is 10.2 Å². The zero-order chi connectivity index (χ0) is 21.2. The first-order valence-electron chi connectivity index (χ1n) is 10.2. The van der Waals surface area contributed by atoms with Crippen LogP contribution in [0.25, 0.3) is 21.6 Å². The number of benzene rings is 2. The van der Waals surface area contributed by atoms with Crippen molar-refractivity contribution in [1.82, 2.24) is 15.0 Å². The van der Waals surface area contributed by atoms with Crippen molar-refractivity contribution in [2.75, 3.05) is 23.3 Å². The molecule has 0 unspecified atom stereocenters. The molecule has 0 saturated carbocycles. The summed E-state index contributed by atoms with van der Waals surface area (Å²) in [6, 6.07) is 13.9. The van der Waals surface area contributed by atoms with E-state index in [0.29, 0.717) is 27.9 Å². The minimum Gasteiger partial charge on any atom is -0.354 e. The van der Waals surface area contributed by atoms with E-state index >= 15 is 0 Å². The van der Waals surface area contributed by atoms with Crippen molar-refractivity contribution in [3.63, 3.8) is 0 Å². The summed E-state index contributed by atoms with van der Waals surface area (Å²) in [4.78, 5) is 28.9. The molecular weight excluding hydrogens is 413 g/mol. The van der Waals surface area contributed by atoms with Gasteiger partial charge in [-0.05, 0) is 37.1 Å². The standard InChI is InChI=1S/C23H20FN5OS/c24-16-7-5-6-15(12-16)23-25-17(14-31-23)13-20(30)28-21-22(29-10-3-4-11-29)27-19-9-2-1-8-18(19)26-21/h1-2,5-9,12,14H,3-4,10-11,13H2,(H,26,28,30). The number of aromatic nitrogens is 3. The maximum Gasteiger partial charge on any atom is 0.231 e. The molecule has 1 fully saturated rings. The summed E-state index contributed by atoms with van der Waals surface area (Å²) >= 11 is 1.39. The lowest BCUT2D eigenvalue weighted by Crippen LogP contribution is -2.24. The van der Waals surface area contributed by atoms with Crippen LogP contribution >= 0.6 is 11.3 Å². The first kappa shape index (κ1) is 19.6. The third-order valence-electron chi connectivity index (χ3n) is 5.18. The van der Waals surface area contributed by atoms with Gasteiger partial charge in [-0.15, -0.1) is 11.3 Å². The molecule has 5 rings (SSSR count). The molecule has 0 atom stereocenters. The maximum atomic E-state index is 13.5. The fourth-order valence-electron chi connectivity index (χ4n) is 3.71. The second kappa shape index (κ2) is 8.39. The van der Waals surface area contributed by atoms with Crippen molar-refractivity contribution in [3.8, 4) is 10.6 Å². The number of anilines is 2. The van der Waals surface area contributed by atoms with Crippen molar-refractivity contribution < 1.29 is 9.18 Å². The minimum absolute atomic E-state index is 0.111. The molecule has 0 radical (unpaired) electrons. The molecule has 6 nitrogen and oxygen atoms in total. The smallest absolute Gasteiger partial charge is 0.231 e. The molecule has 0 spiro atoms. The van der Waals surface area contributed by atoms with Crippen LogP contribution in [-0.4, -0.2) is 33.9 Å². The van der Waals surface area contributed by atoms with Crippen LogP contribution in [0, 0.1) is 5.82 Å². The fraction of sp³-hybridized carbons (Fsp3) is 0.217. The number of nitrogens with zero attached hydrogens (tertiary/aromatic N) is 4. The molecule has 4 aromatic rings. The summed E-state index contributed by atoms with van der Waals surface area (Å²) in [6.45, 7) is 1.80. The normalized spacial score (nSPS) is 13.6. The summed E-state index contributed by atoms with van der Waals surface area (Å²) in [5.74, 6) is 0.673. The second-order valence-electron chi connectivity index (χ2n) is 7.46. The highest BCUT2D eigenvalue weighted by Crippen LogP contribution is 2.28. The van der Waals surface area contributed by atoms with Crippen LogP contribution in [0.4, 0.5) is 16.0 Å². The van der Waals surface area contributed by atoms with Gasteiger partial charge in [0.05, 0.1) is 23.1 Å². The molecule has 1 N–H and O–H groups in total. The van der Waals surface area contributed by atoms with Gasteiger partial charge in [-0.25, -0.2) is 19.3 Å². The lowest BCUT2D eigenvalue weighted by molar-refractivity contribution is -0.115. The van der Waals surface area contributed by atoms with Gasteiger partial charge in [-0.1, -0.05) is 24.3 Å². The Hall–Kier alpha value is -3.39. The lowest BCUT2D eigenvalue weighted by atomic mass is 10.2. The molecule has 1 aliphatic heterocycles. The number of hydrogen-bond donors (Lipinski definition) is 1. The Bertz CT molecular complexity index is 1250. The Balaban J connectivity index is 1.37. The van der Waals surface area contributed by atoms with Crippen LogP contribution in [0.1, 0.15) is 18.5 Å². The van der Waals surface area contributed by atoms with Gasteiger partial charge in [0.2, 0.25) is 5.91 Å². The van der Waals surface area contributed by atoms with Gasteiger partial charge in [0.1, 0.15) is 10.8 Å². The van der Waals surface area contributed by atoms with Crippen LogP contribution < -0.4 is 10.2 Å². The van der Waals surface area contributed by atoms with Crippen molar-refractivity contribution in [3.05, 3.63) is 65.4 Å². The number of carbonyl (C=O) groups is 1. The highest BCUT2D eigenvalue weighted by molar-refractivity contribution is 7.13. The number of rotatable bonds is 5. The molecule has 31 heavy (non-hydrogen) atoms. The van der Waals surface area contributed by atoms with Crippen LogP contribution in [0.2, 0.25) is 0 Å². The van der Waals surface area contributed by atoms with Crippen molar-refractivity contribution in [1.29, 1.82) is 0 Å². The molecule has 0 bridgehead atoms. The predicted molar refractivity (Wildman–Crippen MR) is 121 cm³/mol. The molecule has 1 amide bonds. The highest BCUT2D eigenvalue weighted by atomic mass is 32.1. The Morgan fingerprint density at radius 3 is 2.58 bits per heavy atom. The van der Waals surface area contributed by atoms with Crippen LogP contribution in [0.5, 0.6) is 0 Å². The summed E-state index contributed by atoms with van der Waals surface area (Å²) in [5, 5.41) is 5.45. The third kappa shape index (κ3) is 4.25. The van der Waals surface area contributed by atoms with E-state index in [1.807, 2.05) is 29.6 Å². The highest BCUT2D eigenvalue weighted by Gasteiger charge is 2.21. The number of hydrogen-bond acceptors (Lipinski definition) is 6. The summed E-state index contributed by atoms with van der Waals surface area (Å²) in [6.07, 6.45) is 2.31. The topological polar surface area (TPSA) is 71.0 Å². The number of thiazole rings is 1. The number of halogens is 1. The van der Waals surface area contributed by atoms with Gasteiger partial charge in [0.15, 0.2) is 11.6 Å². The largest absolute Gasteiger partial charge is 0.354 e. The molecule has 0 aliphatic carbocycles. The van der Waals surface area contributed by atoms with E-state index in [2.05, 4.69) is 20.2 Å². The Labute approximate surface area is 182 Å². The number of amides is 1. The summed E-state index contributed by atoms with van der Waals surface area (Å²) < 4.78 is 13.5. The number of carbonyl (C=O) groups excluding carboxylic acids is 1. The molecule has 1 saturated heterocycles. The van der Waals surface area contributed by atoms with Gasteiger partial charge in [0, 0.05) is 24.0 Å². The Morgan fingerprint density at radius 1 is 1.03 bits per heavy atom.